The Kier molecular flexibility index (Phi) is 6.39. The van der Waals surface area contributed by atoms with E-state index in [-0.39, 0.29) is 6.42 Å². The highest BCUT2D eigenvalue weighted by atomic mass is 16.5. The zero-order chi connectivity index (χ0) is 13.4. The molecule has 4 nitrogen and oxygen atoms in total. The first-order valence-electron chi connectivity index (χ1n) is 6.16. The van der Waals surface area contributed by atoms with Crippen molar-refractivity contribution >= 4 is 5.97 Å². The van der Waals surface area contributed by atoms with Crippen LogP contribution in [0.2, 0.25) is 0 Å². The zero-order valence-corrected chi connectivity index (χ0v) is 10.9. The van der Waals surface area contributed by atoms with Crippen LogP contribution in [-0.2, 0) is 9.53 Å². The van der Waals surface area contributed by atoms with Crippen LogP contribution in [0.1, 0.15) is 13.3 Å². The van der Waals surface area contributed by atoms with Crippen molar-refractivity contribution in [1.29, 1.82) is 0 Å². The number of allylic oxidation sites excluding steroid dienone is 2. The van der Waals surface area contributed by atoms with E-state index >= 15 is 0 Å². The van der Waals surface area contributed by atoms with Gasteiger partial charge in [-0.1, -0.05) is 24.8 Å². The normalized spacial score (nSPS) is 18.7. The first kappa shape index (κ1) is 14.7. The molecular weight excluding hydrogens is 230 g/mol. The first-order chi connectivity index (χ1) is 8.67. The summed E-state index contributed by atoms with van der Waals surface area (Å²) in [4.78, 5) is 13.1. The molecule has 0 aromatic carbocycles. The predicted octanol–water partition coefficient (Wildman–Crippen LogP) is 1.85. The van der Waals surface area contributed by atoms with Crippen molar-refractivity contribution < 1.29 is 14.6 Å². The summed E-state index contributed by atoms with van der Waals surface area (Å²) >= 11 is 0. The average Bonchev–Trinajstić information content (AvgIpc) is 2.36. The van der Waals surface area contributed by atoms with Crippen molar-refractivity contribution in [3.05, 3.63) is 36.0 Å². The lowest BCUT2D eigenvalue weighted by atomic mass is 10.0. The minimum absolute atomic E-state index is 0.0213. The molecule has 0 unspecified atom stereocenters. The summed E-state index contributed by atoms with van der Waals surface area (Å²) in [6, 6.07) is 0. The van der Waals surface area contributed by atoms with E-state index in [2.05, 4.69) is 11.5 Å². The van der Waals surface area contributed by atoms with Crippen LogP contribution < -0.4 is 0 Å². The third kappa shape index (κ3) is 4.85. The second kappa shape index (κ2) is 7.84. The van der Waals surface area contributed by atoms with Crippen molar-refractivity contribution in [2.75, 3.05) is 32.8 Å². The zero-order valence-electron chi connectivity index (χ0n) is 10.9. The molecule has 1 rings (SSSR count). The maximum atomic E-state index is 10.8. The third-order valence-corrected chi connectivity index (χ3v) is 2.87. The Morgan fingerprint density at radius 3 is 2.56 bits per heavy atom. The van der Waals surface area contributed by atoms with E-state index in [1.54, 1.807) is 6.08 Å². The van der Waals surface area contributed by atoms with Crippen LogP contribution in [0.5, 0.6) is 0 Å². The summed E-state index contributed by atoms with van der Waals surface area (Å²) in [5, 5.41) is 8.90. The Balaban J connectivity index is 2.80. The van der Waals surface area contributed by atoms with Crippen molar-refractivity contribution in [2.24, 2.45) is 0 Å². The molecule has 0 aromatic rings. The predicted molar refractivity (Wildman–Crippen MR) is 71.5 cm³/mol. The Hall–Kier alpha value is -1.39. The number of carboxylic acid groups (broad SMARTS) is 1. The van der Waals surface area contributed by atoms with Crippen LogP contribution in [0, 0.1) is 0 Å². The fourth-order valence-electron chi connectivity index (χ4n) is 1.94. The topological polar surface area (TPSA) is 49.8 Å². The molecule has 0 saturated carbocycles. The number of rotatable bonds is 6. The summed E-state index contributed by atoms with van der Waals surface area (Å²) in [7, 11) is 0. The molecule has 4 heteroatoms. The van der Waals surface area contributed by atoms with E-state index in [1.165, 1.54) is 0 Å². The molecule has 100 valence electrons. The summed E-state index contributed by atoms with van der Waals surface area (Å²) in [5.41, 5.74) is 1.81. The van der Waals surface area contributed by atoms with Gasteiger partial charge in [0, 0.05) is 19.6 Å². The highest BCUT2D eigenvalue weighted by molar-refractivity contribution is 5.71. The van der Waals surface area contributed by atoms with Crippen LogP contribution in [0.4, 0.5) is 0 Å². The lowest BCUT2D eigenvalue weighted by Gasteiger charge is -2.27. The molecule has 0 atom stereocenters. The number of carboxylic acids is 1. The fraction of sp³-hybridized carbons (Fsp3) is 0.500. The van der Waals surface area contributed by atoms with E-state index < -0.39 is 5.97 Å². The van der Waals surface area contributed by atoms with Crippen LogP contribution in [-0.4, -0.2) is 48.8 Å². The number of morpholine rings is 1. The molecular formula is C14H21NO3. The standard InChI is InChI=1S/C14H21NO3/c1-3-5-13(12(4-2)10-14(16)17)11-15-6-8-18-9-7-15/h3-5H,2,6-11H2,1H3,(H,16,17). The Morgan fingerprint density at radius 1 is 1.39 bits per heavy atom. The van der Waals surface area contributed by atoms with Crippen LogP contribution in [0.15, 0.2) is 36.0 Å². The molecule has 1 aliphatic heterocycles. The SMILES string of the molecule is C=CC(CC(=O)O)=C(C=CC)CN1CCOCC1. The van der Waals surface area contributed by atoms with Gasteiger partial charge in [0.1, 0.15) is 0 Å². The van der Waals surface area contributed by atoms with Crippen molar-refractivity contribution in [3.8, 4) is 0 Å². The Labute approximate surface area is 108 Å². The monoisotopic (exact) mass is 251 g/mol. The highest BCUT2D eigenvalue weighted by Crippen LogP contribution is 2.14. The number of carbonyl (C=O) groups is 1. The van der Waals surface area contributed by atoms with Gasteiger partial charge in [0.15, 0.2) is 0 Å². The molecule has 1 saturated heterocycles. The smallest absolute Gasteiger partial charge is 0.307 e. The molecule has 0 aromatic heterocycles. The maximum Gasteiger partial charge on any atom is 0.307 e. The summed E-state index contributed by atoms with van der Waals surface area (Å²) < 4.78 is 5.30. The molecule has 0 aliphatic carbocycles. The van der Waals surface area contributed by atoms with Crippen LogP contribution >= 0.6 is 0 Å². The molecule has 18 heavy (non-hydrogen) atoms. The van der Waals surface area contributed by atoms with Crippen LogP contribution in [0.25, 0.3) is 0 Å². The lowest BCUT2D eigenvalue weighted by molar-refractivity contribution is -0.136. The van der Waals surface area contributed by atoms with E-state index in [9.17, 15) is 4.79 Å². The van der Waals surface area contributed by atoms with Gasteiger partial charge in [0.25, 0.3) is 0 Å². The summed E-state index contributed by atoms with van der Waals surface area (Å²) in [6.45, 7) is 9.65. The number of nitrogens with zero attached hydrogens (tertiary/aromatic N) is 1. The van der Waals surface area contributed by atoms with Crippen LogP contribution in [0.3, 0.4) is 0 Å². The van der Waals surface area contributed by atoms with Crippen molar-refractivity contribution in [1.82, 2.24) is 4.90 Å². The maximum absolute atomic E-state index is 10.8. The highest BCUT2D eigenvalue weighted by Gasteiger charge is 2.13. The second-order valence-electron chi connectivity index (χ2n) is 4.21. The summed E-state index contributed by atoms with van der Waals surface area (Å²) in [5.74, 6) is -0.825. The van der Waals surface area contributed by atoms with Gasteiger partial charge in [-0.15, -0.1) is 0 Å². The van der Waals surface area contributed by atoms with Gasteiger partial charge in [-0.2, -0.15) is 0 Å². The van der Waals surface area contributed by atoms with Crippen molar-refractivity contribution in [2.45, 2.75) is 13.3 Å². The lowest BCUT2D eigenvalue weighted by Crippen LogP contribution is -2.37. The van der Waals surface area contributed by atoms with Gasteiger partial charge < -0.3 is 9.84 Å². The number of hydrogen-bond acceptors (Lipinski definition) is 3. The van der Waals surface area contributed by atoms with E-state index in [0.29, 0.717) is 0 Å². The number of aliphatic carboxylic acids is 1. The van der Waals surface area contributed by atoms with Gasteiger partial charge >= 0.3 is 5.97 Å². The second-order valence-corrected chi connectivity index (χ2v) is 4.21. The third-order valence-electron chi connectivity index (χ3n) is 2.87. The van der Waals surface area contributed by atoms with E-state index in [4.69, 9.17) is 9.84 Å². The molecule has 0 amide bonds. The largest absolute Gasteiger partial charge is 0.481 e. The van der Waals surface area contributed by atoms with Crippen molar-refractivity contribution in [3.63, 3.8) is 0 Å². The number of ether oxygens (including phenoxy) is 1. The molecule has 1 heterocycles. The van der Waals surface area contributed by atoms with E-state index in [1.807, 2.05) is 19.1 Å². The van der Waals surface area contributed by atoms with Gasteiger partial charge in [-0.3, -0.25) is 9.69 Å². The molecule has 1 fully saturated rings. The first-order valence-corrected chi connectivity index (χ1v) is 6.16. The average molecular weight is 251 g/mol. The molecule has 0 spiro atoms. The molecule has 1 aliphatic rings. The quantitative estimate of drug-likeness (QED) is 0.732. The van der Waals surface area contributed by atoms with Gasteiger partial charge in [0.05, 0.1) is 19.6 Å². The van der Waals surface area contributed by atoms with E-state index in [0.717, 1.165) is 44.0 Å². The van der Waals surface area contributed by atoms with Gasteiger partial charge in [0.2, 0.25) is 0 Å². The Morgan fingerprint density at radius 2 is 2.06 bits per heavy atom. The minimum atomic E-state index is -0.825. The molecule has 0 bridgehead atoms. The number of hydrogen-bond donors (Lipinski definition) is 1. The Bertz CT molecular complexity index is 352. The molecule has 1 N–H and O–H groups in total. The fourth-order valence-corrected chi connectivity index (χ4v) is 1.94. The summed E-state index contributed by atoms with van der Waals surface area (Å²) in [6.07, 6.45) is 5.56. The van der Waals surface area contributed by atoms with Gasteiger partial charge in [-0.25, -0.2) is 0 Å². The minimum Gasteiger partial charge on any atom is -0.481 e. The van der Waals surface area contributed by atoms with Gasteiger partial charge in [-0.05, 0) is 18.1 Å². The molecule has 0 radical (unpaired) electrons.